The average molecular weight is 211 g/mol. The summed E-state index contributed by atoms with van der Waals surface area (Å²) >= 11 is 0. The van der Waals surface area contributed by atoms with Gasteiger partial charge in [0.05, 0.1) is 6.10 Å². The molecule has 1 aromatic rings. The standard InChI is InChI=1S/C6H8F3N3O2/c1-2(13)3(10)4-11-5(12-14-4)6(7,8)9/h2-3,13H,10H2,1H3. The third-order valence-corrected chi connectivity index (χ3v) is 1.50. The second-order valence-corrected chi connectivity index (χ2v) is 2.72. The van der Waals surface area contributed by atoms with Crippen molar-refractivity contribution in [2.45, 2.75) is 25.2 Å². The number of nitrogens with zero attached hydrogens (tertiary/aromatic N) is 2. The predicted molar refractivity (Wildman–Crippen MR) is 37.9 cm³/mol. The van der Waals surface area contributed by atoms with Crippen molar-refractivity contribution in [3.05, 3.63) is 11.7 Å². The Morgan fingerprint density at radius 2 is 2.07 bits per heavy atom. The minimum atomic E-state index is -4.67. The van der Waals surface area contributed by atoms with Crippen molar-refractivity contribution >= 4 is 0 Å². The molecule has 0 spiro atoms. The second kappa shape index (κ2) is 3.54. The summed E-state index contributed by atoms with van der Waals surface area (Å²) in [6, 6.07) is -1.11. The minimum Gasteiger partial charge on any atom is -0.391 e. The van der Waals surface area contributed by atoms with Crippen molar-refractivity contribution in [3.8, 4) is 0 Å². The Hall–Kier alpha value is -1.15. The first-order chi connectivity index (χ1) is 6.32. The minimum absolute atomic E-state index is 0.438. The maximum atomic E-state index is 12.0. The van der Waals surface area contributed by atoms with Crippen LogP contribution < -0.4 is 5.73 Å². The molecule has 0 aliphatic rings. The van der Waals surface area contributed by atoms with E-state index in [0.29, 0.717) is 0 Å². The van der Waals surface area contributed by atoms with Crippen molar-refractivity contribution in [2.75, 3.05) is 0 Å². The number of alkyl halides is 3. The molecule has 1 aromatic heterocycles. The Labute approximate surface area is 76.7 Å². The van der Waals surface area contributed by atoms with E-state index in [9.17, 15) is 13.2 Å². The second-order valence-electron chi connectivity index (χ2n) is 2.72. The molecule has 1 heterocycles. The Morgan fingerprint density at radius 1 is 1.50 bits per heavy atom. The van der Waals surface area contributed by atoms with Gasteiger partial charge in [0.15, 0.2) is 0 Å². The van der Waals surface area contributed by atoms with E-state index in [-0.39, 0.29) is 0 Å². The number of halogens is 3. The maximum absolute atomic E-state index is 12.0. The molecule has 0 saturated heterocycles. The smallest absolute Gasteiger partial charge is 0.391 e. The summed E-state index contributed by atoms with van der Waals surface area (Å²) in [6.07, 6.45) is -5.73. The van der Waals surface area contributed by atoms with Crippen LogP contribution in [0, 0.1) is 0 Å². The van der Waals surface area contributed by atoms with Crippen LogP contribution in [0.25, 0.3) is 0 Å². The van der Waals surface area contributed by atoms with Crippen LogP contribution in [-0.2, 0) is 6.18 Å². The number of aliphatic hydroxyl groups is 1. The summed E-state index contributed by atoms with van der Waals surface area (Å²) in [4.78, 5) is 3.01. The van der Waals surface area contributed by atoms with Gasteiger partial charge >= 0.3 is 6.18 Å². The van der Waals surface area contributed by atoms with E-state index in [1.807, 2.05) is 0 Å². The monoisotopic (exact) mass is 211 g/mol. The molecule has 0 bridgehead atoms. The van der Waals surface area contributed by atoms with E-state index in [1.54, 1.807) is 0 Å². The van der Waals surface area contributed by atoms with E-state index in [0.717, 1.165) is 0 Å². The van der Waals surface area contributed by atoms with Gasteiger partial charge in [0.1, 0.15) is 6.04 Å². The molecule has 0 aliphatic carbocycles. The zero-order valence-electron chi connectivity index (χ0n) is 7.12. The SMILES string of the molecule is CC(O)C(N)c1nc(C(F)(F)F)no1. The number of hydrogen-bond acceptors (Lipinski definition) is 5. The largest absolute Gasteiger partial charge is 0.455 e. The van der Waals surface area contributed by atoms with Gasteiger partial charge < -0.3 is 15.4 Å². The van der Waals surface area contributed by atoms with E-state index in [2.05, 4.69) is 14.7 Å². The topological polar surface area (TPSA) is 85.2 Å². The fourth-order valence-electron chi connectivity index (χ4n) is 0.692. The van der Waals surface area contributed by atoms with Gasteiger partial charge in [-0.15, -0.1) is 0 Å². The number of rotatable bonds is 2. The molecule has 2 unspecified atom stereocenters. The molecular formula is C6H8F3N3O2. The molecule has 0 aliphatic heterocycles. The van der Waals surface area contributed by atoms with Crippen molar-refractivity contribution in [1.29, 1.82) is 0 Å². The molecule has 3 N–H and O–H groups in total. The number of hydrogen-bond donors (Lipinski definition) is 2. The van der Waals surface area contributed by atoms with Crippen LogP contribution in [-0.4, -0.2) is 21.4 Å². The van der Waals surface area contributed by atoms with E-state index < -0.39 is 30.0 Å². The molecule has 0 fully saturated rings. The molecule has 0 aromatic carbocycles. The quantitative estimate of drug-likeness (QED) is 0.742. The lowest BCUT2D eigenvalue weighted by molar-refractivity contribution is -0.146. The van der Waals surface area contributed by atoms with Crippen LogP contribution in [0.1, 0.15) is 24.7 Å². The summed E-state index contributed by atoms with van der Waals surface area (Å²) in [5.41, 5.74) is 5.28. The average Bonchev–Trinajstić information content (AvgIpc) is 2.49. The maximum Gasteiger partial charge on any atom is 0.455 e. The third-order valence-electron chi connectivity index (χ3n) is 1.50. The van der Waals surface area contributed by atoms with E-state index in [4.69, 9.17) is 10.8 Å². The first kappa shape index (κ1) is 10.9. The first-order valence-corrected chi connectivity index (χ1v) is 3.67. The van der Waals surface area contributed by atoms with Gasteiger partial charge in [-0.2, -0.15) is 18.2 Å². The van der Waals surface area contributed by atoms with Gasteiger partial charge in [-0.3, -0.25) is 0 Å². The van der Waals surface area contributed by atoms with E-state index >= 15 is 0 Å². The summed E-state index contributed by atoms with van der Waals surface area (Å²) < 4.78 is 40.2. The number of nitrogens with two attached hydrogens (primary N) is 1. The Bertz CT molecular complexity index is 310. The van der Waals surface area contributed by atoms with Crippen molar-refractivity contribution < 1.29 is 22.8 Å². The van der Waals surface area contributed by atoms with Crippen LogP contribution in [0.5, 0.6) is 0 Å². The lowest BCUT2D eigenvalue weighted by Gasteiger charge is -2.08. The zero-order chi connectivity index (χ0) is 10.9. The Morgan fingerprint density at radius 3 is 2.43 bits per heavy atom. The third kappa shape index (κ3) is 2.20. The molecule has 0 saturated carbocycles. The molecule has 0 radical (unpaired) electrons. The Kier molecular flexibility index (Phi) is 2.76. The number of aromatic nitrogens is 2. The summed E-state index contributed by atoms with van der Waals surface area (Å²) in [7, 11) is 0. The van der Waals surface area contributed by atoms with Crippen molar-refractivity contribution in [3.63, 3.8) is 0 Å². The molecule has 5 nitrogen and oxygen atoms in total. The van der Waals surface area contributed by atoms with E-state index in [1.165, 1.54) is 6.92 Å². The molecule has 8 heteroatoms. The molecular weight excluding hydrogens is 203 g/mol. The van der Waals surface area contributed by atoms with Crippen LogP contribution in [0.15, 0.2) is 4.52 Å². The summed E-state index contributed by atoms with van der Waals surface area (Å²) in [5.74, 6) is -1.84. The summed E-state index contributed by atoms with van der Waals surface area (Å²) in [6.45, 7) is 1.31. The molecule has 0 amide bonds. The molecule has 80 valence electrons. The van der Waals surface area contributed by atoms with Crippen LogP contribution >= 0.6 is 0 Å². The zero-order valence-corrected chi connectivity index (χ0v) is 7.12. The van der Waals surface area contributed by atoms with Gasteiger partial charge in [-0.25, -0.2) is 0 Å². The van der Waals surface area contributed by atoms with Gasteiger partial charge in [0, 0.05) is 0 Å². The fourth-order valence-corrected chi connectivity index (χ4v) is 0.692. The fraction of sp³-hybridized carbons (Fsp3) is 0.667. The predicted octanol–water partition coefficient (Wildman–Crippen LogP) is 0.469. The van der Waals surface area contributed by atoms with Crippen molar-refractivity contribution in [1.82, 2.24) is 10.1 Å². The van der Waals surface area contributed by atoms with Gasteiger partial charge in [-0.05, 0) is 6.92 Å². The Balaban J connectivity index is 2.89. The normalized spacial score (nSPS) is 16.7. The highest BCUT2D eigenvalue weighted by Crippen LogP contribution is 2.27. The highest BCUT2D eigenvalue weighted by Gasteiger charge is 2.38. The summed E-state index contributed by atoms with van der Waals surface area (Å²) in [5, 5.41) is 11.6. The first-order valence-electron chi connectivity index (χ1n) is 3.67. The lowest BCUT2D eigenvalue weighted by atomic mass is 10.2. The van der Waals surface area contributed by atoms with Gasteiger partial charge in [-0.1, -0.05) is 5.16 Å². The van der Waals surface area contributed by atoms with Crippen LogP contribution in [0.3, 0.4) is 0 Å². The lowest BCUT2D eigenvalue weighted by Crippen LogP contribution is -2.23. The van der Waals surface area contributed by atoms with Crippen LogP contribution in [0.4, 0.5) is 13.2 Å². The molecule has 14 heavy (non-hydrogen) atoms. The highest BCUT2D eigenvalue weighted by molar-refractivity contribution is 4.96. The van der Waals surface area contributed by atoms with Gasteiger partial charge in [0.25, 0.3) is 5.82 Å². The number of aliphatic hydroxyl groups excluding tert-OH is 1. The van der Waals surface area contributed by atoms with Gasteiger partial charge in [0.2, 0.25) is 5.89 Å². The molecule has 1 rings (SSSR count). The molecule has 2 atom stereocenters. The highest BCUT2D eigenvalue weighted by atomic mass is 19.4. The van der Waals surface area contributed by atoms with Crippen molar-refractivity contribution in [2.24, 2.45) is 5.73 Å². The van der Waals surface area contributed by atoms with Crippen LogP contribution in [0.2, 0.25) is 0 Å².